The molecule has 0 atom stereocenters. The molecule has 15 heavy (non-hydrogen) atoms. The Labute approximate surface area is 94.3 Å². The summed E-state index contributed by atoms with van der Waals surface area (Å²) in [5.41, 5.74) is 0.265. The lowest BCUT2D eigenvalue weighted by atomic mass is 10.3. The lowest BCUT2D eigenvalue weighted by molar-refractivity contribution is 0.469. The summed E-state index contributed by atoms with van der Waals surface area (Å²) >= 11 is 3.16. The highest BCUT2D eigenvalue weighted by atomic mass is 79.9. The zero-order chi connectivity index (χ0) is 10.8. The maximum absolute atomic E-state index is 13.4. The summed E-state index contributed by atoms with van der Waals surface area (Å²) in [5, 5.41) is 14.9. The molecule has 0 radical (unpaired) electrons. The van der Waals surface area contributed by atoms with Crippen molar-refractivity contribution < 1.29 is 9.50 Å². The molecule has 1 heterocycles. The van der Waals surface area contributed by atoms with E-state index in [9.17, 15) is 4.39 Å². The van der Waals surface area contributed by atoms with Gasteiger partial charge in [-0.15, -0.1) is 0 Å². The maximum atomic E-state index is 13.4. The molecule has 0 spiro atoms. The number of rotatable bonds is 1. The second kappa shape index (κ2) is 4.06. The third-order valence-corrected chi connectivity index (χ3v) is 2.57. The maximum Gasteiger partial charge on any atom is 0.196 e. The van der Waals surface area contributed by atoms with Crippen molar-refractivity contribution >= 4 is 27.6 Å². The van der Waals surface area contributed by atoms with E-state index in [0.717, 1.165) is 12.6 Å². The molecule has 2 rings (SSSR count). The average molecular weight is 274 g/mol. The number of hydrogen-bond donors (Lipinski definition) is 3. The molecular weight excluding hydrogens is 265 g/mol. The lowest BCUT2D eigenvalue weighted by Crippen LogP contribution is -2.26. The van der Waals surface area contributed by atoms with Gasteiger partial charge in [-0.2, -0.15) is 0 Å². The molecule has 1 aliphatic heterocycles. The molecule has 0 saturated carbocycles. The van der Waals surface area contributed by atoms with Crippen LogP contribution in [0, 0.1) is 5.82 Å². The van der Waals surface area contributed by atoms with Gasteiger partial charge in [0.05, 0.1) is 12.2 Å². The molecule has 1 aromatic carbocycles. The van der Waals surface area contributed by atoms with Crippen molar-refractivity contribution in [3.8, 4) is 5.75 Å². The fraction of sp³-hybridized carbons (Fsp3) is 0.222. The van der Waals surface area contributed by atoms with Crippen LogP contribution < -0.4 is 10.6 Å². The van der Waals surface area contributed by atoms with E-state index in [1.165, 1.54) is 6.07 Å². The molecule has 80 valence electrons. The van der Waals surface area contributed by atoms with Crippen LogP contribution in [-0.4, -0.2) is 24.2 Å². The van der Waals surface area contributed by atoms with Crippen LogP contribution in [0.25, 0.3) is 0 Å². The minimum absolute atomic E-state index is 0.119. The first-order chi connectivity index (χ1) is 7.16. The largest absolute Gasteiger partial charge is 0.508 e. The van der Waals surface area contributed by atoms with Crippen molar-refractivity contribution in [2.45, 2.75) is 0 Å². The van der Waals surface area contributed by atoms with E-state index in [1.807, 2.05) is 0 Å². The van der Waals surface area contributed by atoms with Crippen molar-refractivity contribution in [2.24, 2.45) is 4.99 Å². The van der Waals surface area contributed by atoms with Gasteiger partial charge in [0, 0.05) is 17.1 Å². The third kappa shape index (κ3) is 2.20. The molecule has 0 saturated heterocycles. The van der Waals surface area contributed by atoms with E-state index in [-0.39, 0.29) is 11.4 Å². The van der Waals surface area contributed by atoms with Crippen LogP contribution >= 0.6 is 15.9 Å². The first-order valence-electron chi connectivity index (χ1n) is 4.40. The van der Waals surface area contributed by atoms with E-state index in [0.29, 0.717) is 17.0 Å². The number of guanidine groups is 1. The highest BCUT2D eigenvalue weighted by molar-refractivity contribution is 9.10. The standard InChI is InChI=1S/C9H9BrFN3O/c10-6-3-5(15)4-7(11)8(6)14-9-12-1-2-13-9/h3-4,15H,1-2H2,(H2,12,13,14). The highest BCUT2D eigenvalue weighted by Crippen LogP contribution is 2.29. The van der Waals surface area contributed by atoms with E-state index < -0.39 is 5.82 Å². The number of halogens is 2. The van der Waals surface area contributed by atoms with Crippen molar-refractivity contribution in [2.75, 3.05) is 18.4 Å². The second-order valence-electron chi connectivity index (χ2n) is 3.07. The van der Waals surface area contributed by atoms with E-state index in [4.69, 9.17) is 5.11 Å². The summed E-state index contributed by atoms with van der Waals surface area (Å²) in [6.45, 7) is 1.43. The van der Waals surface area contributed by atoms with Crippen LogP contribution in [0.3, 0.4) is 0 Å². The number of phenols is 1. The van der Waals surface area contributed by atoms with Gasteiger partial charge in [-0.05, 0) is 22.0 Å². The number of benzene rings is 1. The zero-order valence-corrected chi connectivity index (χ0v) is 9.31. The summed E-state index contributed by atoms with van der Waals surface area (Å²) in [6, 6.07) is 2.46. The van der Waals surface area contributed by atoms with E-state index >= 15 is 0 Å². The van der Waals surface area contributed by atoms with Crippen LogP contribution in [-0.2, 0) is 0 Å². The Hall–Kier alpha value is -1.30. The first kappa shape index (κ1) is 10.2. The van der Waals surface area contributed by atoms with Crippen LogP contribution in [0.5, 0.6) is 5.75 Å². The third-order valence-electron chi connectivity index (χ3n) is 1.94. The SMILES string of the molecule is Oc1cc(F)c(NC2=NCCN2)c(Br)c1. The number of anilines is 1. The van der Waals surface area contributed by atoms with Crippen LogP contribution in [0.15, 0.2) is 21.6 Å². The summed E-state index contributed by atoms with van der Waals surface area (Å²) < 4.78 is 13.9. The number of nitrogens with one attached hydrogen (secondary N) is 2. The Morgan fingerprint density at radius 3 is 2.93 bits per heavy atom. The summed E-state index contributed by atoms with van der Waals surface area (Å²) in [7, 11) is 0. The molecule has 0 bridgehead atoms. The van der Waals surface area contributed by atoms with Gasteiger partial charge in [0.2, 0.25) is 0 Å². The predicted molar refractivity (Wildman–Crippen MR) is 59.7 cm³/mol. The van der Waals surface area contributed by atoms with Crippen molar-refractivity contribution in [1.82, 2.24) is 5.32 Å². The Morgan fingerprint density at radius 2 is 2.33 bits per heavy atom. The molecule has 0 amide bonds. The topological polar surface area (TPSA) is 56.6 Å². The molecular formula is C9H9BrFN3O. The van der Waals surface area contributed by atoms with E-state index in [1.54, 1.807) is 0 Å². The number of phenolic OH excluding ortho intramolecular Hbond substituents is 1. The molecule has 0 fully saturated rings. The minimum atomic E-state index is -0.529. The molecule has 4 nitrogen and oxygen atoms in total. The average Bonchev–Trinajstić information content (AvgIpc) is 2.63. The van der Waals surface area contributed by atoms with Gasteiger partial charge < -0.3 is 15.7 Å². The Balaban J connectivity index is 2.27. The quantitative estimate of drug-likeness (QED) is 0.683. The second-order valence-corrected chi connectivity index (χ2v) is 3.92. The van der Waals surface area contributed by atoms with Gasteiger partial charge in [0.15, 0.2) is 11.8 Å². The zero-order valence-electron chi connectivity index (χ0n) is 7.72. The Morgan fingerprint density at radius 1 is 1.53 bits per heavy atom. The van der Waals surface area contributed by atoms with Gasteiger partial charge >= 0.3 is 0 Å². The predicted octanol–water partition coefficient (Wildman–Crippen LogP) is 1.66. The lowest BCUT2D eigenvalue weighted by Gasteiger charge is -2.10. The van der Waals surface area contributed by atoms with E-state index in [2.05, 4.69) is 31.6 Å². The Bertz CT molecular complexity index is 399. The summed E-state index contributed by atoms with van der Waals surface area (Å²) in [5.74, 6) is -0.107. The molecule has 6 heteroatoms. The van der Waals surface area contributed by atoms with Gasteiger partial charge in [-0.3, -0.25) is 4.99 Å². The normalized spacial score (nSPS) is 14.7. The summed E-state index contributed by atoms with van der Waals surface area (Å²) in [6.07, 6.45) is 0. The Kier molecular flexibility index (Phi) is 2.77. The highest BCUT2D eigenvalue weighted by Gasteiger charge is 2.12. The number of aromatic hydroxyl groups is 1. The van der Waals surface area contributed by atoms with Crippen LogP contribution in [0.4, 0.5) is 10.1 Å². The molecule has 0 aromatic heterocycles. The fourth-order valence-electron chi connectivity index (χ4n) is 1.28. The molecule has 0 aliphatic carbocycles. The van der Waals surface area contributed by atoms with Gasteiger partial charge in [0.25, 0.3) is 0 Å². The fourth-order valence-corrected chi connectivity index (χ4v) is 1.80. The van der Waals surface area contributed by atoms with Crippen molar-refractivity contribution in [3.05, 3.63) is 22.4 Å². The monoisotopic (exact) mass is 273 g/mol. The van der Waals surface area contributed by atoms with Crippen molar-refractivity contribution in [3.63, 3.8) is 0 Å². The summed E-state index contributed by atoms with van der Waals surface area (Å²) in [4.78, 5) is 4.08. The smallest absolute Gasteiger partial charge is 0.196 e. The van der Waals surface area contributed by atoms with Crippen molar-refractivity contribution in [1.29, 1.82) is 0 Å². The number of aliphatic imine (C=N–C) groups is 1. The molecule has 3 N–H and O–H groups in total. The number of hydrogen-bond acceptors (Lipinski definition) is 4. The first-order valence-corrected chi connectivity index (χ1v) is 5.19. The molecule has 0 unspecified atom stereocenters. The molecule has 1 aliphatic rings. The van der Waals surface area contributed by atoms with Gasteiger partial charge in [-0.1, -0.05) is 0 Å². The minimum Gasteiger partial charge on any atom is -0.508 e. The molecule has 1 aromatic rings. The van der Waals surface area contributed by atoms with Gasteiger partial charge in [0.1, 0.15) is 5.75 Å². The number of nitrogens with zero attached hydrogens (tertiary/aromatic N) is 1. The van der Waals surface area contributed by atoms with Crippen LogP contribution in [0.2, 0.25) is 0 Å². The van der Waals surface area contributed by atoms with Gasteiger partial charge in [-0.25, -0.2) is 4.39 Å². The van der Waals surface area contributed by atoms with Crippen LogP contribution in [0.1, 0.15) is 0 Å².